The van der Waals surface area contributed by atoms with E-state index in [1.165, 1.54) is 12.3 Å². The van der Waals surface area contributed by atoms with Crippen molar-refractivity contribution in [1.82, 2.24) is 10.2 Å². The van der Waals surface area contributed by atoms with Crippen LogP contribution in [0.2, 0.25) is 0 Å². The second kappa shape index (κ2) is 6.12. The number of carbonyl (C=O) groups is 2. The zero-order chi connectivity index (χ0) is 16.3. The number of halogens is 2. The van der Waals surface area contributed by atoms with E-state index in [-0.39, 0.29) is 22.6 Å². The number of amides is 1. The molecule has 0 saturated heterocycles. The number of nitrogens with zero attached hydrogens (tertiary/aromatic N) is 2. The van der Waals surface area contributed by atoms with Crippen LogP contribution >= 0.6 is 0 Å². The third kappa shape index (κ3) is 3.14. The van der Waals surface area contributed by atoms with Crippen molar-refractivity contribution in [1.29, 1.82) is 0 Å². The molecule has 1 amide bonds. The fourth-order valence-electron chi connectivity index (χ4n) is 1.61. The van der Waals surface area contributed by atoms with Gasteiger partial charge < -0.3 is 15.8 Å². The van der Waals surface area contributed by atoms with Gasteiger partial charge in [-0.25, -0.2) is 13.6 Å². The first kappa shape index (κ1) is 15.3. The Balaban J connectivity index is 2.38. The van der Waals surface area contributed by atoms with E-state index in [1.54, 1.807) is 0 Å². The lowest BCUT2D eigenvalue weighted by Gasteiger charge is -2.10. The van der Waals surface area contributed by atoms with Gasteiger partial charge in [-0.1, -0.05) is 0 Å². The summed E-state index contributed by atoms with van der Waals surface area (Å²) in [5.41, 5.74) is 4.90. The van der Waals surface area contributed by atoms with Crippen LogP contribution in [0.1, 0.15) is 20.8 Å². The topological polar surface area (TPSA) is 107 Å². The Bertz CT molecular complexity index is 752. The van der Waals surface area contributed by atoms with Gasteiger partial charge in [-0.05, 0) is 12.1 Å². The minimum atomic E-state index is -1.25. The van der Waals surface area contributed by atoms with Gasteiger partial charge in [-0.15, -0.1) is 5.10 Å². The summed E-state index contributed by atoms with van der Waals surface area (Å²) >= 11 is 0. The maximum absolute atomic E-state index is 13.3. The number of nitrogens with two attached hydrogens (primary N) is 1. The lowest BCUT2D eigenvalue weighted by molar-refractivity contribution is 0.0601. The Morgan fingerprint density at radius 2 is 1.91 bits per heavy atom. The molecule has 1 heterocycles. The number of hydrogen-bond donors (Lipinski definition) is 2. The van der Waals surface area contributed by atoms with Crippen molar-refractivity contribution < 1.29 is 23.1 Å². The van der Waals surface area contributed by atoms with Gasteiger partial charge >= 0.3 is 5.97 Å². The SMILES string of the molecule is COC(=O)c1cc(F)c(F)cc1NC(=O)c1cc(N)cnn1. The van der Waals surface area contributed by atoms with E-state index in [1.807, 2.05) is 0 Å². The summed E-state index contributed by atoms with van der Waals surface area (Å²) in [7, 11) is 1.07. The highest BCUT2D eigenvalue weighted by atomic mass is 19.2. The summed E-state index contributed by atoms with van der Waals surface area (Å²) in [6.45, 7) is 0. The Morgan fingerprint density at radius 3 is 2.55 bits per heavy atom. The van der Waals surface area contributed by atoms with Crippen LogP contribution in [0.3, 0.4) is 0 Å². The van der Waals surface area contributed by atoms with Gasteiger partial charge in [0.2, 0.25) is 0 Å². The number of esters is 1. The molecule has 0 bridgehead atoms. The third-order valence-electron chi connectivity index (χ3n) is 2.62. The predicted molar refractivity (Wildman–Crippen MR) is 72.1 cm³/mol. The van der Waals surface area contributed by atoms with E-state index < -0.39 is 23.5 Å². The maximum atomic E-state index is 13.3. The molecule has 0 atom stereocenters. The number of benzene rings is 1. The zero-order valence-corrected chi connectivity index (χ0v) is 11.3. The monoisotopic (exact) mass is 308 g/mol. The summed E-state index contributed by atoms with van der Waals surface area (Å²) < 4.78 is 31.0. The van der Waals surface area contributed by atoms with Crippen molar-refractivity contribution in [2.75, 3.05) is 18.2 Å². The summed E-state index contributed by atoms with van der Waals surface area (Å²) in [5.74, 6) is -4.22. The number of hydrogen-bond acceptors (Lipinski definition) is 6. The maximum Gasteiger partial charge on any atom is 0.340 e. The van der Waals surface area contributed by atoms with Crippen molar-refractivity contribution in [2.24, 2.45) is 0 Å². The molecule has 3 N–H and O–H groups in total. The molecule has 9 heteroatoms. The molecule has 0 spiro atoms. The highest BCUT2D eigenvalue weighted by molar-refractivity contribution is 6.07. The number of nitrogen functional groups attached to an aromatic ring is 1. The van der Waals surface area contributed by atoms with Gasteiger partial charge in [-0.3, -0.25) is 4.79 Å². The van der Waals surface area contributed by atoms with E-state index in [2.05, 4.69) is 20.3 Å². The van der Waals surface area contributed by atoms with Gasteiger partial charge in [0, 0.05) is 6.07 Å². The van der Waals surface area contributed by atoms with E-state index in [4.69, 9.17) is 5.73 Å². The number of carbonyl (C=O) groups excluding carboxylic acids is 2. The van der Waals surface area contributed by atoms with Crippen LogP contribution in [0.5, 0.6) is 0 Å². The van der Waals surface area contributed by atoms with Crippen molar-refractivity contribution in [3.63, 3.8) is 0 Å². The van der Waals surface area contributed by atoms with E-state index >= 15 is 0 Å². The molecule has 22 heavy (non-hydrogen) atoms. The molecule has 0 aliphatic rings. The summed E-state index contributed by atoms with van der Waals surface area (Å²) in [6.07, 6.45) is 1.23. The standard InChI is InChI=1S/C13H10F2N4O3/c1-22-13(21)7-3-8(14)9(15)4-10(7)18-12(20)11-2-6(16)5-17-19-11/h2-5H,1H3,(H2,16,19)(H,18,20). The van der Waals surface area contributed by atoms with Crippen LogP contribution in [0, 0.1) is 11.6 Å². The van der Waals surface area contributed by atoms with Crippen molar-refractivity contribution >= 4 is 23.3 Å². The largest absolute Gasteiger partial charge is 0.465 e. The molecular weight excluding hydrogens is 298 g/mol. The number of ether oxygens (including phenoxy) is 1. The van der Waals surface area contributed by atoms with E-state index in [9.17, 15) is 18.4 Å². The van der Waals surface area contributed by atoms with E-state index in [0.717, 1.165) is 7.11 Å². The molecular formula is C13H10F2N4O3. The van der Waals surface area contributed by atoms with Crippen LogP contribution in [0.4, 0.5) is 20.2 Å². The molecule has 0 saturated carbocycles. The summed E-state index contributed by atoms with van der Waals surface area (Å²) in [6, 6.07) is 2.53. The molecule has 7 nitrogen and oxygen atoms in total. The lowest BCUT2D eigenvalue weighted by atomic mass is 10.1. The number of nitrogens with one attached hydrogen (secondary N) is 1. The Kier molecular flexibility index (Phi) is 4.25. The molecule has 114 valence electrons. The second-order valence-corrected chi connectivity index (χ2v) is 4.13. The fraction of sp³-hybridized carbons (Fsp3) is 0.0769. The summed E-state index contributed by atoms with van der Waals surface area (Å²) in [4.78, 5) is 23.5. The first-order valence-corrected chi connectivity index (χ1v) is 5.89. The average Bonchev–Trinajstić information content (AvgIpc) is 2.49. The van der Waals surface area contributed by atoms with Crippen molar-refractivity contribution in [3.05, 3.63) is 47.3 Å². The molecule has 1 aromatic heterocycles. The first-order valence-electron chi connectivity index (χ1n) is 5.89. The molecule has 0 fully saturated rings. The van der Waals surface area contributed by atoms with Gasteiger partial charge in [0.05, 0.1) is 30.2 Å². The fourth-order valence-corrected chi connectivity index (χ4v) is 1.61. The highest BCUT2D eigenvalue weighted by Gasteiger charge is 2.19. The lowest BCUT2D eigenvalue weighted by Crippen LogP contribution is -2.18. The molecule has 0 radical (unpaired) electrons. The van der Waals surface area contributed by atoms with Crippen molar-refractivity contribution in [3.8, 4) is 0 Å². The molecule has 0 aliphatic carbocycles. The van der Waals surface area contributed by atoms with Crippen molar-refractivity contribution in [2.45, 2.75) is 0 Å². The van der Waals surface area contributed by atoms with Gasteiger partial charge in [0.1, 0.15) is 0 Å². The van der Waals surface area contributed by atoms with Gasteiger partial charge in [0.15, 0.2) is 17.3 Å². The minimum Gasteiger partial charge on any atom is -0.465 e. The zero-order valence-electron chi connectivity index (χ0n) is 11.3. The number of anilines is 2. The van der Waals surface area contributed by atoms with Gasteiger partial charge in [0.25, 0.3) is 5.91 Å². The Hall–Kier alpha value is -3.10. The second-order valence-electron chi connectivity index (χ2n) is 4.13. The van der Waals surface area contributed by atoms with Crippen LogP contribution in [-0.2, 0) is 4.74 Å². The van der Waals surface area contributed by atoms with Crippen LogP contribution in [0.25, 0.3) is 0 Å². The molecule has 0 aliphatic heterocycles. The number of rotatable bonds is 3. The smallest absolute Gasteiger partial charge is 0.340 e. The number of methoxy groups -OCH3 is 1. The quantitative estimate of drug-likeness (QED) is 0.829. The third-order valence-corrected chi connectivity index (χ3v) is 2.62. The first-order chi connectivity index (χ1) is 10.4. The minimum absolute atomic E-state index is 0.152. The molecule has 2 rings (SSSR count). The highest BCUT2D eigenvalue weighted by Crippen LogP contribution is 2.21. The number of aromatic nitrogens is 2. The molecule has 0 unspecified atom stereocenters. The Morgan fingerprint density at radius 1 is 1.23 bits per heavy atom. The summed E-state index contributed by atoms with van der Waals surface area (Å²) in [5, 5.41) is 9.27. The molecule has 1 aromatic carbocycles. The predicted octanol–water partition coefficient (Wildman–Crippen LogP) is 1.38. The van der Waals surface area contributed by atoms with Crippen LogP contribution in [-0.4, -0.2) is 29.2 Å². The normalized spacial score (nSPS) is 10.1. The Labute approximate surface area is 123 Å². The van der Waals surface area contributed by atoms with E-state index in [0.29, 0.717) is 12.1 Å². The van der Waals surface area contributed by atoms with Gasteiger partial charge in [-0.2, -0.15) is 5.10 Å². The molecule has 2 aromatic rings. The van der Waals surface area contributed by atoms with Crippen LogP contribution < -0.4 is 11.1 Å². The van der Waals surface area contributed by atoms with Crippen LogP contribution in [0.15, 0.2) is 24.4 Å². The average molecular weight is 308 g/mol.